The molecule has 38 heavy (non-hydrogen) atoms. The summed E-state index contributed by atoms with van der Waals surface area (Å²) in [5.74, 6) is 0.543. The monoisotopic (exact) mass is 556 g/mol. The number of nitrogens with zero attached hydrogens (tertiary/aromatic N) is 1. The van der Waals surface area contributed by atoms with Gasteiger partial charge in [-0.05, 0) is 35.9 Å². The molecular weight excluding hydrogens is 535 g/mol. The van der Waals surface area contributed by atoms with Crippen LogP contribution >= 0.6 is 23.2 Å². The lowest BCUT2D eigenvalue weighted by Gasteiger charge is -2.27. The Morgan fingerprint density at radius 2 is 1.53 bits per heavy atom. The molecule has 1 aliphatic heterocycles. The van der Waals surface area contributed by atoms with E-state index in [9.17, 15) is 10.1 Å². The van der Waals surface area contributed by atoms with Crippen molar-refractivity contribution in [3.8, 4) is 40.6 Å². The minimum atomic E-state index is -0.699. The van der Waals surface area contributed by atoms with Crippen LogP contribution in [-0.4, -0.2) is 34.4 Å². The van der Waals surface area contributed by atoms with Crippen LogP contribution in [0.3, 0.4) is 0 Å². The van der Waals surface area contributed by atoms with Crippen LogP contribution in [0.15, 0.2) is 53.9 Å². The van der Waals surface area contributed by atoms with Crippen molar-refractivity contribution in [2.24, 2.45) is 5.73 Å². The fraction of sp³-hybridized carbons (Fsp3) is 0.185. The summed E-state index contributed by atoms with van der Waals surface area (Å²) in [7, 11) is 5.91. The van der Waals surface area contributed by atoms with Gasteiger partial charge in [-0.2, -0.15) is 5.26 Å². The van der Waals surface area contributed by atoms with Gasteiger partial charge in [0.25, 0.3) is 0 Å². The van der Waals surface area contributed by atoms with E-state index in [4.69, 9.17) is 57.4 Å². The summed E-state index contributed by atoms with van der Waals surface area (Å²) >= 11 is 12.3. The van der Waals surface area contributed by atoms with Gasteiger partial charge < -0.3 is 34.2 Å². The molecule has 0 spiro atoms. The Kier molecular flexibility index (Phi) is 7.76. The highest BCUT2D eigenvalue weighted by Crippen LogP contribution is 2.47. The van der Waals surface area contributed by atoms with Crippen LogP contribution in [-0.2, 0) is 0 Å². The third-order valence-electron chi connectivity index (χ3n) is 5.86. The van der Waals surface area contributed by atoms with E-state index in [0.29, 0.717) is 34.1 Å². The van der Waals surface area contributed by atoms with Crippen LogP contribution in [0.25, 0.3) is 0 Å². The van der Waals surface area contributed by atoms with Crippen molar-refractivity contribution < 1.29 is 33.2 Å². The van der Waals surface area contributed by atoms with Gasteiger partial charge in [-0.3, -0.25) is 0 Å². The second-order valence-electron chi connectivity index (χ2n) is 7.95. The molecular formula is C27H22Cl2N2O7. The first-order valence-corrected chi connectivity index (χ1v) is 11.8. The molecule has 196 valence electrons. The summed E-state index contributed by atoms with van der Waals surface area (Å²) in [5, 5.41) is 10.2. The maximum absolute atomic E-state index is 12.8. The van der Waals surface area contributed by atoms with Crippen molar-refractivity contribution >= 4 is 29.2 Å². The second kappa shape index (κ2) is 11.0. The number of halogens is 2. The lowest BCUT2D eigenvalue weighted by molar-refractivity contribution is 0.0734. The van der Waals surface area contributed by atoms with E-state index >= 15 is 0 Å². The molecule has 0 bridgehead atoms. The van der Waals surface area contributed by atoms with E-state index in [2.05, 4.69) is 6.07 Å². The molecule has 4 rings (SSSR count). The predicted molar refractivity (Wildman–Crippen MR) is 140 cm³/mol. The molecule has 0 fully saturated rings. The molecule has 0 amide bonds. The number of methoxy groups -OCH3 is 4. The maximum atomic E-state index is 12.8. The molecule has 0 aromatic heterocycles. The number of ether oxygens (including phenoxy) is 6. The summed E-state index contributed by atoms with van der Waals surface area (Å²) in [5.41, 5.74) is 7.71. The number of fused-ring (bicyclic) bond motifs is 1. The number of carbonyl (C=O) groups excluding carboxylic acids is 1. The Morgan fingerprint density at radius 3 is 2.05 bits per heavy atom. The first-order chi connectivity index (χ1) is 18.3. The number of esters is 1. The quantitative estimate of drug-likeness (QED) is 0.298. The molecule has 0 saturated carbocycles. The Morgan fingerprint density at radius 1 is 0.921 bits per heavy atom. The van der Waals surface area contributed by atoms with Crippen LogP contribution in [0, 0.1) is 11.3 Å². The molecule has 2 N–H and O–H groups in total. The topological polar surface area (TPSA) is 122 Å². The molecule has 1 heterocycles. The zero-order chi connectivity index (χ0) is 27.6. The van der Waals surface area contributed by atoms with Crippen molar-refractivity contribution in [3.63, 3.8) is 0 Å². The fourth-order valence-corrected chi connectivity index (χ4v) is 4.79. The molecule has 1 aliphatic rings. The minimum absolute atomic E-state index is 0.0871. The normalized spacial score (nSPS) is 14.1. The minimum Gasteiger partial charge on any atom is -0.494 e. The average Bonchev–Trinajstić information content (AvgIpc) is 2.91. The molecule has 0 saturated heterocycles. The first-order valence-electron chi connectivity index (χ1n) is 11.0. The summed E-state index contributed by atoms with van der Waals surface area (Å²) in [6, 6.07) is 13.2. The van der Waals surface area contributed by atoms with Gasteiger partial charge in [-0.1, -0.05) is 29.3 Å². The third kappa shape index (κ3) is 4.84. The lowest BCUT2D eigenvalue weighted by atomic mass is 9.83. The largest absolute Gasteiger partial charge is 0.494 e. The van der Waals surface area contributed by atoms with E-state index in [1.54, 1.807) is 24.3 Å². The SMILES string of the molecule is COc1cc(C2C(C#N)=C(N)Oc3cc(OC(=O)c4cc(Cl)c(OC)c(Cl)c4)ccc32)cc(OC)c1OC. The fourth-order valence-electron chi connectivity index (χ4n) is 4.15. The molecule has 0 radical (unpaired) electrons. The summed E-state index contributed by atoms with van der Waals surface area (Å²) in [4.78, 5) is 12.8. The zero-order valence-corrected chi connectivity index (χ0v) is 22.3. The van der Waals surface area contributed by atoms with Gasteiger partial charge in [0.05, 0.1) is 50.0 Å². The number of hydrogen-bond acceptors (Lipinski definition) is 9. The van der Waals surface area contributed by atoms with E-state index in [1.165, 1.54) is 46.6 Å². The van der Waals surface area contributed by atoms with Gasteiger partial charge in [0.15, 0.2) is 17.2 Å². The average molecular weight is 557 g/mol. The third-order valence-corrected chi connectivity index (χ3v) is 6.42. The number of nitriles is 1. The zero-order valence-electron chi connectivity index (χ0n) is 20.8. The number of hydrogen-bond donors (Lipinski definition) is 1. The molecule has 3 aromatic carbocycles. The van der Waals surface area contributed by atoms with Gasteiger partial charge in [0.2, 0.25) is 11.6 Å². The van der Waals surface area contributed by atoms with Crippen LogP contribution in [0.2, 0.25) is 10.0 Å². The Labute approximate surface area is 228 Å². The lowest BCUT2D eigenvalue weighted by Crippen LogP contribution is -2.21. The van der Waals surface area contributed by atoms with E-state index in [1.807, 2.05) is 0 Å². The van der Waals surface area contributed by atoms with E-state index < -0.39 is 11.9 Å². The maximum Gasteiger partial charge on any atom is 0.343 e. The van der Waals surface area contributed by atoms with E-state index in [-0.39, 0.29) is 38.6 Å². The Bertz CT molecular complexity index is 1450. The highest BCUT2D eigenvalue weighted by atomic mass is 35.5. The molecule has 9 nitrogen and oxygen atoms in total. The van der Waals surface area contributed by atoms with Crippen LogP contribution < -0.4 is 34.2 Å². The van der Waals surface area contributed by atoms with Gasteiger partial charge in [-0.15, -0.1) is 0 Å². The Balaban J connectivity index is 1.73. The molecule has 0 aliphatic carbocycles. The van der Waals surface area contributed by atoms with Gasteiger partial charge >= 0.3 is 5.97 Å². The number of nitrogens with two attached hydrogens (primary N) is 1. The summed E-state index contributed by atoms with van der Waals surface area (Å²) < 4.78 is 32.8. The van der Waals surface area contributed by atoms with Crippen LogP contribution in [0.4, 0.5) is 0 Å². The number of carbonyl (C=O) groups is 1. The van der Waals surface area contributed by atoms with Gasteiger partial charge in [-0.25, -0.2) is 4.79 Å². The van der Waals surface area contributed by atoms with Crippen LogP contribution in [0.1, 0.15) is 27.4 Å². The van der Waals surface area contributed by atoms with Crippen molar-refractivity contribution in [1.29, 1.82) is 5.26 Å². The van der Waals surface area contributed by atoms with Crippen molar-refractivity contribution in [3.05, 3.63) is 80.7 Å². The highest BCUT2D eigenvalue weighted by Gasteiger charge is 2.33. The van der Waals surface area contributed by atoms with E-state index in [0.717, 1.165) is 0 Å². The number of rotatable bonds is 7. The highest BCUT2D eigenvalue weighted by molar-refractivity contribution is 6.37. The predicted octanol–water partition coefficient (Wildman–Crippen LogP) is 5.47. The smallest absolute Gasteiger partial charge is 0.343 e. The Hall–Kier alpha value is -4.26. The van der Waals surface area contributed by atoms with Gasteiger partial charge in [0, 0.05) is 11.6 Å². The molecule has 11 heteroatoms. The summed E-state index contributed by atoms with van der Waals surface area (Å²) in [6.45, 7) is 0. The van der Waals surface area contributed by atoms with Crippen molar-refractivity contribution in [1.82, 2.24) is 0 Å². The summed E-state index contributed by atoms with van der Waals surface area (Å²) in [6.07, 6.45) is 0. The van der Waals surface area contributed by atoms with Gasteiger partial charge in [0.1, 0.15) is 23.1 Å². The standard InChI is InChI=1S/C27H22Cl2N2O7/c1-33-21-9-13(10-22(34-2)25(21)36-4)23-16-6-5-15(11-20(16)38-26(31)17(23)12-30)37-27(32)14-7-18(28)24(35-3)19(29)8-14/h5-11,23H,31H2,1-4H3. The molecule has 1 unspecified atom stereocenters. The number of benzene rings is 3. The molecule has 1 atom stereocenters. The first kappa shape index (κ1) is 26.8. The van der Waals surface area contributed by atoms with Crippen molar-refractivity contribution in [2.75, 3.05) is 28.4 Å². The van der Waals surface area contributed by atoms with Crippen molar-refractivity contribution in [2.45, 2.75) is 5.92 Å². The molecule has 3 aromatic rings. The number of allylic oxidation sites excluding steroid dienone is 1. The second-order valence-corrected chi connectivity index (χ2v) is 8.76. The van der Waals surface area contributed by atoms with Crippen LogP contribution in [0.5, 0.6) is 34.5 Å².